The van der Waals surface area contributed by atoms with Gasteiger partial charge in [-0.2, -0.15) is 0 Å². The van der Waals surface area contributed by atoms with Crippen molar-refractivity contribution in [2.45, 2.75) is 19.9 Å². The number of nitrogens with two attached hydrogens (primary N) is 1. The van der Waals surface area contributed by atoms with Crippen LogP contribution in [0.1, 0.15) is 22.0 Å². The minimum absolute atomic E-state index is 0.205. The van der Waals surface area contributed by atoms with E-state index >= 15 is 0 Å². The molecule has 0 radical (unpaired) electrons. The van der Waals surface area contributed by atoms with Gasteiger partial charge in [0, 0.05) is 17.1 Å². The van der Waals surface area contributed by atoms with Crippen molar-refractivity contribution in [3.8, 4) is 0 Å². The van der Waals surface area contributed by atoms with Crippen molar-refractivity contribution in [1.29, 1.82) is 0 Å². The van der Waals surface area contributed by atoms with E-state index in [0.717, 1.165) is 5.69 Å². The molecule has 0 spiro atoms. The molecule has 2 rings (SSSR count). The third-order valence-corrected chi connectivity index (χ3v) is 3.67. The Kier molecular flexibility index (Phi) is 3.82. The molecule has 1 heterocycles. The second kappa shape index (κ2) is 5.34. The van der Waals surface area contributed by atoms with Crippen LogP contribution < -0.4 is 11.1 Å². The predicted octanol–water partition coefficient (Wildman–Crippen LogP) is 3.48. The first-order valence-corrected chi connectivity index (χ1v) is 6.65. The monoisotopic (exact) mass is 246 g/mol. The summed E-state index contributed by atoms with van der Waals surface area (Å²) in [6, 6.07) is 10.9. The molecule has 2 nitrogen and oxygen atoms in total. The van der Waals surface area contributed by atoms with Gasteiger partial charge in [-0.05, 0) is 48.6 Å². The van der Waals surface area contributed by atoms with E-state index in [2.05, 4.69) is 54.9 Å². The lowest BCUT2D eigenvalue weighted by Gasteiger charge is -2.17. The SMILES string of the molecule is Cc1cc(C)cc(NC(CN)c2cccs2)c1. The van der Waals surface area contributed by atoms with Crippen molar-refractivity contribution in [2.75, 3.05) is 11.9 Å². The molecular formula is C14H18N2S. The van der Waals surface area contributed by atoms with Crippen LogP contribution in [0.4, 0.5) is 5.69 Å². The minimum Gasteiger partial charge on any atom is -0.376 e. The molecular weight excluding hydrogens is 228 g/mol. The van der Waals surface area contributed by atoms with Gasteiger partial charge in [-0.15, -0.1) is 11.3 Å². The lowest BCUT2D eigenvalue weighted by Crippen LogP contribution is -2.19. The summed E-state index contributed by atoms with van der Waals surface area (Å²) in [5.74, 6) is 0. The molecule has 90 valence electrons. The highest BCUT2D eigenvalue weighted by atomic mass is 32.1. The van der Waals surface area contributed by atoms with Crippen molar-refractivity contribution in [3.05, 3.63) is 51.7 Å². The summed E-state index contributed by atoms with van der Waals surface area (Å²) >= 11 is 1.74. The van der Waals surface area contributed by atoms with Gasteiger partial charge in [0.1, 0.15) is 0 Å². The van der Waals surface area contributed by atoms with Gasteiger partial charge in [0.2, 0.25) is 0 Å². The van der Waals surface area contributed by atoms with Crippen LogP contribution in [0.3, 0.4) is 0 Å². The number of hydrogen-bond acceptors (Lipinski definition) is 3. The van der Waals surface area contributed by atoms with E-state index < -0.39 is 0 Å². The van der Waals surface area contributed by atoms with E-state index in [1.807, 2.05) is 0 Å². The number of rotatable bonds is 4. The molecule has 0 bridgehead atoms. The van der Waals surface area contributed by atoms with Gasteiger partial charge in [0.05, 0.1) is 6.04 Å². The topological polar surface area (TPSA) is 38.0 Å². The molecule has 0 saturated heterocycles. The Morgan fingerprint density at radius 1 is 1.24 bits per heavy atom. The summed E-state index contributed by atoms with van der Waals surface area (Å²) < 4.78 is 0. The van der Waals surface area contributed by atoms with Gasteiger partial charge >= 0.3 is 0 Å². The Morgan fingerprint density at radius 2 is 1.94 bits per heavy atom. The Labute approximate surface area is 106 Å². The Bertz CT molecular complexity index is 457. The zero-order chi connectivity index (χ0) is 12.3. The largest absolute Gasteiger partial charge is 0.376 e. The summed E-state index contributed by atoms with van der Waals surface area (Å²) in [4.78, 5) is 1.28. The summed E-state index contributed by atoms with van der Waals surface area (Å²) in [7, 11) is 0. The molecule has 0 saturated carbocycles. The molecule has 1 aromatic heterocycles. The molecule has 1 unspecified atom stereocenters. The summed E-state index contributed by atoms with van der Waals surface area (Å²) in [5, 5.41) is 5.58. The van der Waals surface area contributed by atoms with Gasteiger partial charge in [-0.3, -0.25) is 0 Å². The van der Waals surface area contributed by atoms with Crippen LogP contribution in [-0.4, -0.2) is 6.54 Å². The van der Waals surface area contributed by atoms with Crippen molar-refractivity contribution in [3.63, 3.8) is 0 Å². The lowest BCUT2D eigenvalue weighted by atomic mass is 10.1. The first kappa shape index (κ1) is 12.1. The maximum atomic E-state index is 5.83. The van der Waals surface area contributed by atoms with Crippen LogP contribution in [0.2, 0.25) is 0 Å². The maximum absolute atomic E-state index is 5.83. The van der Waals surface area contributed by atoms with Crippen molar-refractivity contribution >= 4 is 17.0 Å². The van der Waals surface area contributed by atoms with Gasteiger partial charge < -0.3 is 11.1 Å². The second-order valence-corrected chi connectivity index (χ2v) is 5.30. The third-order valence-electron chi connectivity index (χ3n) is 2.68. The Hall–Kier alpha value is -1.32. The number of nitrogens with one attached hydrogen (secondary N) is 1. The molecule has 0 amide bonds. The number of aryl methyl sites for hydroxylation is 2. The van der Waals surface area contributed by atoms with Gasteiger partial charge in [-0.25, -0.2) is 0 Å². The molecule has 3 N–H and O–H groups in total. The molecule has 0 aliphatic heterocycles. The molecule has 17 heavy (non-hydrogen) atoms. The molecule has 1 atom stereocenters. The molecule has 0 aliphatic rings. The molecule has 2 aromatic rings. The smallest absolute Gasteiger partial charge is 0.0728 e. The fourth-order valence-electron chi connectivity index (χ4n) is 1.99. The standard InChI is InChI=1S/C14H18N2S/c1-10-6-11(2)8-12(7-10)16-13(9-15)14-4-3-5-17-14/h3-8,13,16H,9,15H2,1-2H3. The second-order valence-electron chi connectivity index (χ2n) is 4.32. The molecule has 3 heteroatoms. The number of hydrogen-bond donors (Lipinski definition) is 2. The van der Waals surface area contributed by atoms with Crippen LogP contribution in [-0.2, 0) is 0 Å². The quantitative estimate of drug-likeness (QED) is 0.866. The summed E-state index contributed by atoms with van der Waals surface area (Å²) in [6.07, 6.45) is 0. The zero-order valence-corrected chi connectivity index (χ0v) is 11.1. The Balaban J connectivity index is 2.18. The van der Waals surface area contributed by atoms with Crippen LogP contribution in [0, 0.1) is 13.8 Å². The molecule has 0 aliphatic carbocycles. The van der Waals surface area contributed by atoms with Gasteiger partial charge in [0.15, 0.2) is 0 Å². The fourth-order valence-corrected chi connectivity index (χ4v) is 2.79. The van der Waals surface area contributed by atoms with Crippen LogP contribution in [0.15, 0.2) is 35.7 Å². The zero-order valence-electron chi connectivity index (χ0n) is 10.2. The van der Waals surface area contributed by atoms with Gasteiger partial charge in [0.25, 0.3) is 0 Å². The van der Waals surface area contributed by atoms with Crippen LogP contribution >= 0.6 is 11.3 Å². The first-order valence-electron chi connectivity index (χ1n) is 5.77. The van der Waals surface area contributed by atoms with Crippen LogP contribution in [0.25, 0.3) is 0 Å². The summed E-state index contributed by atoms with van der Waals surface area (Å²) in [6.45, 7) is 4.83. The third kappa shape index (κ3) is 3.08. The Morgan fingerprint density at radius 3 is 2.47 bits per heavy atom. The highest BCUT2D eigenvalue weighted by Gasteiger charge is 2.10. The lowest BCUT2D eigenvalue weighted by molar-refractivity contribution is 0.805. The van der Waals surface area contributed by atoms with E-state index in [-0.39, 0.29) is 6.04 Å². The highest BCUT2D eigenvalue weighted by Crippen LogP contribution is 2.24. The van der Waals surface area contributed by atoms with E-state index in [0.29, 0.717) is 6.54 Å². The molecule has 0 fully saturated rings. The number of benzene rings is 1. The van der Waals surface area contributed by atoms with Crippen LogP contribution in [0.5, 0.6) is 0 Å². The van der Waals surface area contributed by atoms with Crippen molar-refractivity contribution in [1.82, 2.24) is 0 Å². The molecule has 1 aromatic carbocycles. The van der Waals surface area contributed by atoms with Crippen molar-refractivity contribution < 1.29 is 0 Å². The normalized spacial score (nSPS) is 12.4. The number of thiophene rings is 1. The first-order chi connectivity index (χ1) is 8.19. The maximum Gasteiger partial charge on any atom is 0.0728 e. The van der Waals surface area contributed by atoms with E-state index in [9.17, 15) is 0 Å². The van der Waals surface area contributed by atoms with E-state index in [1.54, 1.807) is 11.3 Å². The highest BCUT2D eigenvalue weighted by molar-refractivity contribution is 7.10. The average Bonchev–Trinajstić information content (AvgIpc) is 2.77. The average molecular weight is 246 g/mol. The van der Waals surface area contributed by atoms with E-state index in [4.69, 9.17) is 5.73 Å². The van der Waals surface area contributed by atoms with E-state index in [1.165, 1.54) is 16.0 Å². The van der Waals surface area contributed by atoms with Gasteiger partial charge in [-0.1, -0.05) is 12.1 Å². The predicted molar refractivity (Wildman–Crippen MR) is 75.7 cm³/mol. The fraction of sp³-hybridized carbons (Fsp3) is 0.286. The van der Waals surface area contributed by atoms with Crippen molar-refractivity contribution in [2.24, 2.45) is 5.73 Å². The minimum atomic E-state index is 0.205. The summed E-state index contributed by atoms with van der Waals surface area (Å²) in [5.41, 5.74) is 9.52. The number of anilines is 1.